The molecule has 2 aromatic carbocycles. The van der Waals surface area contributed by atoms with Crippen molar-refractivity contribution in [3.05, 3.63) is 88.6 Å². The molecule has 0 saturated heterocycles. The number of nitrogens with zero attached hydrogens (tertiary/aromatic N) is 3. The maximum Gasteiger partial charge on any atom is 0.294 e. The van der Waals surface area contributed by atoms with Crippen molar-refractivity contribution >= 4 is 23.3 Å². The number of halogens is 3. The molecule has 39 heavy (non-hydrogen) atoms. The Morgan fingerprint density at radius 3 is 2.64 bits per heavy atom. The van der Waals surface area contributed by atoms with Gasteiger partial charge >= 0.3 is 0 Å². The molecule has 4 aromatic rings. The van der Waals surface area contributed by atoms with Crippen LogP contribution >= 0.6 is 11.6 Å². The molecule has 0 bridgehead atoms. The molecule has 0 unspecified atom stereocenters. The Kier molecular flexibility index (Phi) is 8.88. The zero-order valence-electron chi connectivity index (χ0n) is 21.5. The summed E-state index contributed by atoms with van der Waals surface area (Å²) in [6.07, 6.45) is 3.60. The van der Waals surface area contributed by atoms with E-state index in [2.05, 4.69) is 25.5 Å². The number of aromatic nitrogens is 4. The molecule has 4 rings (SSSR count). The number of hydrogen-bond donors (Lipinski definition) is 3. The molecule has 2 aromatic heterocycles. The summed E-state index contributed by atoms with van der Waals surface area (Å²) in [6, 6.07) is 12.0. The summed E-state index contributed by atoms with van der Waals surface area (Å²) in [5.74, 6) is -0.750. The van der Waals surface area contributed by atoms with E-state index in [-0.39, 0.29) is 34.5 Å². The van der Waals surface area contributed by atoms with Crippen LogP contribution in [0.4, 0.5) is 14.6 Å². The van der Waals surface area contributed by atoms with Crippen molar-refractivity contribution in [3.63, 3.8) is 0 Å². The highest BCUT2D eigenvalue weighted by atomic mass is 35.5. The van der Waals surface area contributed by atoms with Gasteiger partial charge < -0.3 is 20.1 Å². The minimum absolute atomic E-state index is 0.0918. The Morgan fingerprint density at radius 2 is 1.87 bits per heavy atom. The molecule has 0 radical (unpaired) electrons. The van der Waals surface area contributed by atoms with Gasteiger partial charge in [-0.05, 0) is 69.0 Å². The van der Waals surface area contributed by atoms with Crippen molar-refractivity contribution < 1.29 is 23.4 Å². The van der Waals surface area contributed by atoms with Crippen molar-refractivity contribution in [2.24, 2.45) is 0 Å². The molecule has 1 amide bonds. The van der Waals surface area contributed by atoms with Gasteiger partial charge in [-0.3, -0.25) is 4.79 Å². The maximum atomic E-state index is 14.8. The van der Waals surface area contributed by atoms with Crippen molar-refractivity contribution in [1.82, 2.24) is 20.2 Å². The van der Waals surface area contributed by atoms with Crippen LogP contribution < -0.4 is 10.1 Å². The summed E-state index contributed by atoms with van der Waals surface area (Å²) in [4.78, 5) is 19.6. The number of carbonyl (C=O) groups excluding carboxylic acids is 1. The molecule has 3 N–H and O–H groups in total. The predicted molar refractivity (Wildman–Crippen MR) is 144 cm³/mol. The normalized spacial score (nSPS) is 11.4. The van der Waals surface area contributed by atoms with Crippen LogP contribution in [0.2, 0.25) is 5.02 Å². The lowest BCUT2D eigenvalue weighted by Gasteiger charge is -2.16. The topological polar surface area (TPSA) is 113 Å². The second-order valence-corrected chi connectivity index (χ2v) is 10.1. The molecule has 204 valence electrons. The lowest BCUT2D eigenvalue weighted by atomic mass is 10.0. The number of pyridine rings is 1. The largest absolute Gasteiger partial charge is 0.494 e. The highest BCUT2D eigenvalue weighted by molar-refractivity contribution is 6.33. The molecule has 0 aliphatic carbocycles. The van der Waals surface area contributed by atoms with Crippen LogP contribution in [0.25, 0.3) is 11.1 Å². The fourth-order valence-corrected chi connectivity index (χ4v) is 4.05. The molecule has 0 spiro atoms. The Labute approximate surface area is 229 Å². The van der Waals surface area contributed by atoms with Crippen molar-refractivity contribution in [1.29, 1.82) is 0 Å². The highest BCUT2D eigenvalue weighted by Crippen LogP contribution is 2.33. The fourth-order valence-electron chi connectivity index (χ4n) is 3.84. The van der Waals surface area contributed by atoms with E-state index in [1.54, 1.807) is 32.0 Å². The average Bonchev–Trinajstić information content (AvgIpc) is 3.35. The van der Waals surface area contributed by atoms with E-state index in [9.17, 15) is 18.7 Å². The molecule has 8 nitrogen and oxygen atoms in total. The first-order valence-electron chi connectivity index (χ1n) is 12.4. The molecule has 0 atom stereocenters. The summed E-state index contributed by atoms with van der Waals surface area (Å²) in [5, 5.41) is 20.3. The maximum absolute atomic E-state index is 14.8. The zero-order valence-corrected chi connectivity index (χ0v) is 22.2. The first-order valence-corrected chi connectivity index (χ1v) is 12.7. The molecule has 0 aliphatic heterocycles. The number of ether oxygens (including phenoxy) is 1. The first-order chi connectivity index (χ1) is 18.6. The SMILES string of the molecule is CC(C)(O)CCCCOc1ccc(F)c(-c2cc(NC(=O)c3nnc(Cc4ccccc4F)[nH]3)ncc2Cl)c1. The van der Waals surface area contributed by atoms with E-state index in [1.165, 1.54) is 36.5 Å². The predicted octanol–water partition coefficient (Wildman–Crippen LogP) is 5.96. The second kappa shape index (κ2) is 12.3. The Hall–Kier alpha value is -3.89. The number of aliphatic hydroxyl groups is 1. The summed E-state index contributed by atoms with van der Waals surface area (Å²) >= 11 is 6.32. The number of hydrogen-bond acceptors (Lipinski definition) is 6. The third-order valence-corrected chi connectivity index (χ3v) is 6.14. The van der Waals surface area contributed by atoms with Crippen LogP contribution in [0.5, 0.6) is 5.75 Å². The van der Waals surface area contributed by atoms with Gasteiger partial charge in [0.15, 0.2) is 0 Å². The molecule has 2 heterocycles. The monoisotopic (exact) mass is 555 g/mol. The number of unbranched alkanes of at least 4 members (excludes halogenated alkanes) is 1. The number of H-pyrrole nitrogens is 1. The Bertz CT molecular complexity index is 1460. The molecule has 0 fully saturated rings. The van der Waals surface area contributed by atoms with E-state index in [4.69, 9.17) is 16.3 Å². The molecule has 0 aliphatic rings. The number of aromatic amines is 1. The molecular formula is C28H28ClF2N5O3. The van der Waals surface area contributed by atoms with Gasteiger partial charge in [-0.2, -0.15) is 0 Å². The van der Waals surface area contributed by atoms with E-state index in [0.717, 1.165) is 12.8 Å². The second-order valence-electron chi connectivity index (χ2n) is 9.65. The third kappa shape index (κ3) is 7.81. The molecule has 0 saturated carbocycles. The smallest absolute Gasteiger partial charge is 0.294 e. The first kappa shape index (κ1) is 28.1. The summed E-state index contributed by atoms with van der Waals surface area (Å²) in [6.45, 7) is 3.92. The van der Waals surface area contributed by atoms with Gasteiger partial charge in [0.05, 0.1) is 17.2 Å². The Morgan fingerprint density at radius 1 is 1.08 bits per heavy atom. The summed E-state index contributed by atoms with van der Waals surface area (Å²) in [7, 11) is 0. The number of carbonyl (C=O) groups is 1. The van der Waals surface area contributed by atoms with Gasteiger partial charge in [0.1, 0.15) is 29.0 Å². The lowest BCUT2D eigenvalue weighted by Crippen LogP contribution is -2.18. The van der Waals surface area contributed by atoms with Gasteiger partial charge in [-0.1, -0.05) is 29.8 Å². The van der Waals surface area contributed by atoms with E-state index >= 15 is 0 Å². The number of rotatable bonds is 11. The van der Waals surface area contributed by atoms with E-state index in [1.807, 2.05) is 0 Å². The Balaban J connectivity index is 1.44. The van der Waals surface area contributed by atoms with Crippen molar-refractivity contribution in [3.8, 4) is 16.9 Å². The summed E-state index contributed by atoms with van der Waals surface area (Å²) in [5.41, 5.74) is 0.168. The minimum Gasteiger partial charge on any atom is -0.494 e. The van der Waals surface area contributed by atoms with Gasteiger partial charge in [0.25, 0.3) is 5.91 Å². The standard InChI is InChI=1S/C28H28ClF2N5O3/c1-28(2,38)11-5-6-12-39-18-9-10-23(31)20(14-18)19-15-24(32-16-21(19)29)34-27(37)26-33-25(35-36-26)13-17-7-3-4-8-22(17)30/h3-4,7-10,14-16,38H,5-6,11-13H2,1-2H3,(H,32,34,37)(H,33,35,36). The average molecular weight is 556 g/mol. The van der Waals surface area contributed by atoms with Crippen LogP contribution in [0.1, 0.15) is 55.1 Å². The van der Waals surface area contributed by atoms with Crippen LogP contribution in [0.3, 0.4) is 0 Å². The number of amides is 1. The fraction of sp³-hybridized carbons (Fsp3) is 0.286. The van der Waals surface area contributed by atoms with Crippen LogP contribution in [0, 0.1) is 11.6 Å². The number of anilines is 1. The quantitative estimate of drug-likeness (QED) is 0.197. The van der Waals surface area contributed by atoms with E-state index < -0.39 is 17.3 Å². The number of benzene rings is 2. The minimum atomic E-state index is -0.731. The molecule has 11 heteroatoms. The van der Waals surface area contributed by atoms with Crippen molar-refractivity contribution in [2.45, 2.75) is 45.1 Å². The summed E-state index contributed by atoms with van der Waals surface area (Å²) < 4.78 is 34.5. The van der Waals surface area contributed by atoms with Gasteiger partial charge in [-0.25, -0.2) is 13.8 Å². The van der Waals surface area contributed by atoms with Gasteiger partial charge in [-0.15, -0.1) is 10.2 Å². The van der Waals surface area contributed by atoms with Crippen LogP contribution in [-0.2, 0) is 6.42 Å². The van der Waals surface area contributed by atoms with Gasteiger partial charge in [0.2, 0.25) is 5.82 Å². The van der Waals surface area contributed by atoms with Gasteiger partial charge in [0, 0.05) is 23.7 Å². The lowest BCUT2D eigenvalue weighted by molar-refractivity contribution is 0.0670. The zero-order chi connectivity index (χ0) is 28.0. The van der Waals surface area contributed by atoms with E-state index in [0.29, 0.717) is 35.7 Å². The van der Waals surface area contributed by atoms with Crippen molar-refractivity contribution in [2.75, 3.05) is 11.9 Å². The van der Waals surface area contributed by atoms with Crippen LogP contribution in [-0.4, -0.2) is 43.4 Å². The highest BCUT2D eigenvalue weighted by Gasteiger charge is 2.17. The number of nitrogens with one attached hydrogen (secondary N) is 2. The third-order valence-electron chi connectivity index (χ3n) is 5.84. The van der Waals surface area contributed by atoms with Crippen LogP contribution in [0.15, 0.2) is 54.7 Å². The molecular weight excluding hydrogens is 528 g/mol.